The molecule has 1 aromatic carbocycles. The van der Waals surface area contributed by atoms with Crippen LogP contribution in [0.25, 0.3) is 16.6 Å². The number of imide groups is 1. The van der Waals surface area contributed by atoms with E-state index < -0.39 is 23.9 Å². The van der Waals surface area contributed by atoms with E-state index in [0.717, 1.165) is 101 Å². The predicted molar refractivity (Wildman–Crippen MR) is 217 cm³/mol. The van der Waals surface area contributed by atoms with E-state index in [9.17, 15) is 23.2 Å². The predicted octanol–water partition coefficient (Wildman–Crippen LogP) is 5.60. The second kappa shape index (κ2) is 16.9. The molecule has 5 aliphatic rings. The Morgan fingerprint density at radius 2 is 1.90 bits per heavy atom. The van der Waals surface area contributed by atoms with Gasteiger partial charge in [0.25, 0.3) is 12.3 Å². The number of nitrogens with zero attached hydrogens (tertiary/aromatic N) is 8. The molecule has 4 saturated heterocycles. The van der Waals surface area contributed by atoms with Crippen molar-refractivity contribution >= 4 is 45.8 Å². The van der Waals surface area contributed by atoms with Crippen LogP contribution in [0.2, 0.25) is 0 Å². The van der Waals surface area contributed by atoms with Gasteiger partial charge in [0.2, 0.25) is 11.8 Å². The average Bonchev–Trinajstić information content (AvgIpc) is 4.12. The van der Waals surface area contributed by atoms with Crippen molar-refractivity contribution in [2.75, 3.05) is 49.6 Å². The quantitative estimate of drug-likeness (QED) is 0.111. The molecule has 5 fully saturated rings. The van der Waals surface area contributed by atoms with Gasteiger partial charge in [-0.2, -0.15) is 10.2 Å². The molecule has 4 aromatic heterocycles. The number of morpholine rings is 1. The minimum Gasteiger partial charge on any atom is -0.378 e. The van der Waals surface area contributed by atoms with Gasteiger partial charge in [-0.3, -0.25) is 24.4 Å². The van der Waals surface area contributed by atoms with Crippen LogP contribution >= 0.6 is 0 Å². The smallest absolute Gasteiger partial charge is 0.284 e. The number of halogens is 2. The number of likely N-dealkylation sites (tertiary alicyclic amines) is 1. The summed E-state index contributed by atoms with van der Waals surface area (Å²) in [7, 11) is 0. The molecular formula is C43H50F2N10O6. The maximum atomic E-state index is 14.3. The maximum absolute atomic E-state index is 14.3. The van der Waals surface area contributed by atoms with E-state index in [1.807, 2.05) is 24.3 Å². The van der Waals surface area contributed by atoms with Crippen molar-refractivity contribution in [3.8, 4) is 0 Å². The van der Waals surface area contributed by atoms with Gasteiger partial charge in [0, 0.05) is 57.0 Å². The molecule has 5 aromatic rings. The Kier molecular flexibility index (Phi) is 11.0. The Balaban J connectivity index is 0.674. The van der Waals surface area contributed by atoms with Crippen LogP contribution in [0.5, 0.6) is 0 Å². The first-order valence-corrected chi connectivity index (χ1v) is 21.7. The van der Waals surface area contributed by atoms with Gasteiger partial charge in [-0.1, -0.05) is 17.3 Å². The number of benzene rings is 1. The summed E-state index contributed by atoms with van der Waals surface area (Å²) < 4.78 is 49.4. The van der Waals surface area contributed by atoms with Crippen molar-refractivity contribution in [1.82, 2.24) is 39.8 Å². The number of hydrogen-bond donors (Lipinski definition) is 2. The minimum absolute atomic E-state index is 0.00420. The fraction of sp³-hybridized carbons (Fsp3) is 0.558. The van der Waals surface area contributed by atoms with Crippen LogP contribution in [0.15, 0.2) is 47.4 Å². The third kappa shape index (κ3) is 8.12. The van der Waals surface area contributed by atoms with Gasteiger partial charge >= 0.3 is 0 Å². The number of rotatable bonds is 13. The van der Waals surface area contributed by atoms with Crippen LogP contribution in [0, 0.1) is 5.92 Å². The van der Waals surface area contributed by atoms with Crippen LogP contribution in [-0.2, 0) is 25.5 Å². The van der Waals surface area contributed by atoms with Crippen LogP contribution in [-0.4, -0.2) is 110 Å². The number of ether oxygens (including phenoxy) is 2. The fourth-order valence-electron chi connectivity index (χ4n) is 10.1. The van der Waals surface area contributed by atoms with Crippen molar-refractivity contribution in [2.45, 2.75) is 107 Å². The Morgan fingerprint density at radius 1 is 1.05 bits per heavy atom. The molecule has 322 valence electrons. The van der Waals surface area contributed by atoms with Gasteiger partial charge in [-0.05, 0) is 87.8 Å². The Morgan fingerprint density at radius 3 is 2.67 bits per heavy atom. The first-order chi connectivity index (χ1) is 29.7. The molecule has 10 rings (SSSR count). The number of fused-ring (bicyclic) bond motifs is 4. The Bertz CT molecular complexity index is 2420. The van der Waals surface area contributed by atoms with E-state index in [1.165, 1.54) is 10.7 Å². The number of carbonyl (C=O) groups is 3. The summed E-state index contributed by atoms with van der Waals surface area (Å²) in [6.07, 6.45) is 11.1. The third-order valence-electron chi connectivity index (χ3n) is 13.4. The standard InChI is InChI=1S/C43H50F2N10O6/c44-40(45)38-34(47-43(58)33-20-46-54-17-14-35(48-41(33)54)53-22-30-19-28(53)24-60-30)23-55(50-38)27-8-6-25(7-9-27)21-52-15-12-29(13-16-52)59-18-2-4-26-3-1-5-31-37(51-61-39(26)31)32-10-11-36(56)49-42(32)57/h1,3,5,14,17,20,23,25,27-30,32,40H,2,4,6-13,15-16,18-19,21-22,24H2,(H,47,58)(H,49,56,57)/t25?,27?,28-,30-,32-/m1/s1. The topological polar surface area (TPSA) is 174 Å². The number of aryl methyl sites for hydroxylation is 1. The number of alkyl halides is 2. The number of carbonyl (C=O) groups excluding carboxylic acids is 3. The van der Waals surface area contributed by atoms with Crippen LogP contribution in [0.1, 0.15) is 110 Å². The molecule has 3 atom stereocenters. The Hall–Kier alpha value is -5.33. The summed E-state index contributed by atoms with van der Waals surface area (Å²) in [5, 5.41) is 18.7. The lowest BCUT2D eigenvalue weighted by atomic mass is 9.85. The molecule has 61 heavy (non-hydrogen) atoms. The normalized spacial score (nSPS) is 25.0. The van der Waals surface area contributed by atoms with Gasteiger partial charge in [0.05, 0.1) is 48.7 Å². The second-order valence-corrected chi connectivity index (χ2v) is 17.3. The fourth-order valence-corrected chi connectivity index (χ4v) is 10.1. The molecule has 4 aliphatic heterocycles. The van der Waals surface area contributed by atoms with Crippen molar-refractivity contribution in [3.63, 3.8) is 0 Å². The molecule has 3 amide bonds. The molecule has 0 spiro atoms. The highest BCUT2D eigenvalue weighted by Gasteiger charge is 2.40. The summed E-state index contributed by atoms with van der Waals surface area (Å²) in [6, 6.07) is 7.99. The van der Waals surface area contributed by atoms with E-state index >= 15 is 0 Å². The number of amides is 3. The van der Waals surface area contributed by atoms with Crippen molar-refractivity contribution in [3.05, 3.63) is 65.4 Å². The molecule has 1 aliphatic carbocycles. The zero-order valence-electron chi connectivity index (χ0n) is 33.9. The van der Waals surface area contributed by atoms with E-state index in [-0.39, 0.29) is 53.8 Å². The molecule has 0 radical (unpaired) electrons. The third-order valence-corrected chi connectivity index (χ3v) is 13.4. The van der Waals surface area contributed by atoms with Crippen molar-refractivity contribution in [1.29, 1.82) is 0 Å². The highest BCUT2D eigenvalue weighted by Crippen LogP contribution is 2.37. The lowest BCUT2D eigenvalue weighted by molar-refractivity contribution is -0.134. The molecule has 2 N–H and O–H groups in total. The van der Waals surface area contributed by atoms with Crippen LogP contribution < -0.4 is 15.5 Å². The molecule has 0 unspecified atom stereocenters. The molecule has 1 saturated carbocycles. The highest BCUT2D eigenvalue weighted by atomic mass is 19.3. The second-order valence-electron chi connectivity index (χ2n) is 17.3. The summed E-state index contributed by atoms with van der Waals surface area (Å²) >= 11 is 0. The molecule has 18 heteroatoms. The first-order valence-electron chi connectivity index (χ1n) is 21.7. The minimum atomic E-state index is -2.85. The molecule has 8 heterocycles. The van der Waals surface area contributed by atoms with Gasteiger partial charge in [-0.25, -0.2) is 18.3 Å². The average molecular weight is 841 g/mol. The lowest BCUT2D eigenvalue weighted by Crippen LogP contribution is -2.40. The number of anilines is 2. The van der Waals surface area contributed by atoms with E-state index in [2.05, 4.69) is 35.8 Å². The first kappa shape index (κ1) is 39.8. The zero-order chi connectivity index (χ0) is 41.6. The van der Waals surface area contributed by atoms with E-state index in [0.29, 0.717) is 42.5 Å². The zero-order valence-corrected chi connectivity index (χ0v) is 33.9. The van der Waals surface area contributed by atoms with Gasteiger partial charge in [0.15, 0.2) is 16.9 Å². The summed E-state index contributed by atoms with van der Waals surface area (Å²) in [5.41, 5.74) is 2.43. The molecule has 16 nitrogen and oxygen atoms in total. The van der Waals surface area contributed by atoms with E-state index in [1.54, 1.807) is 17.1 Å². The van der Waals surface area contributed by atoms with Crippen molar-refractivity contribution in [2.24, 2.45) is 5.92 Å². The number of piperidine rings is 2. The van der Waals surface area contributed by atoms with Gasteiger partial charge in [-0.15, -0.1) is 0 Å². The number of aromatic nitrogens is 6. The molecule has 2 bridgehead atoms. The molecular weight excluding hydrogens is 791 g/mol. The monoisotopic (exact) mass is 840 g/mol. The van der Waals surface area contributed by atoms with Gasteiger partial charge in [0.1, 0.15) is 17.1 Å². The summed E-state index contributed by atoms with van der Waals surface area (Å²) in [5.74, 6) is -0.374. The van der Waals surface area contributed by atoms with Gasteiger partial charge < -0.3 is 29.1 Å². The number of nitrogens with one attached hydrogen (secondary N) is 2. The lowest BCUT2D eigenvalue weighted by Gasteiger charge is -2.36. The maximum Gasteiger partial charge on any atom is 0.284 e. The summed E-state index contributed by atoms with van der Waals surface area (Å²) in [6.45, 7) is 4.99. The Labute approximate surface area is 350 Å². The highest BCUT2D eigenvalue weighted by molar-refractivity contribution is 6.08. The van der Waals surface area contributed by atoms with Crippen LogP contribution in [0.4, 0.5) is 20.3 Å². The largest absolute Gasteiger partial charge is 0.378 e. The number of para-hydroxylation sites is 1. The number of hydrogen-bond acceptors (Lipinski definition) is 12. The summed E-state index contributed by atoms with van der Waals surface area (Å²) in [4.78, 5) is 47.0. The van der Waals surface area contributed by atoms with Crippen molar-refractivity contribution < 1.29 is 37.2 Å². The van der Waals surface area contributed by atoms with Crippen LogP contribution in [0.3, 0.4) is 0 Å². The SMILES string of the molecule is O=C1CC[C@H](c2noc3c(CCCOC4CCN(CC5CCC(n6cc(NC(=O)c7cnn8ccc(N9C[C@H]%10C[C@@H]9CO%10)nc78)c(C(F)F)n6)CC5)CC4)cccc23)C(=O)N1. The van der Waals surface area contributed by atoms with E-state index in [4.69, 9.17) is 19.0 Å².